The molecule has 87 heavy (non-hydrogen) atoms. The molecule has 30 heteroatoms. The number of carbonyl (C=O) groups is 9. The Morgan fingerprint density at radius 2 is 0.678 bits per heavy atom. The van der Waals surface area contributed by atoms with Crippen LogP contribution in [0.15, 0.2) is 48.8 Å². The van der Waals surface area contributed by atoms with Crippen molar-refractivity contribution in [3.05, 3.63) is 60.2 Å². The summed E-state index contributed by atoms with van der Waals surface area (Å²) in [6.07, 6.45) is 17.5. The van der Waals surface area contributed by atoms with Gasteiger partial charge < -0.3 is 73.4 Å². The highest BCUT2D eigenvalue weighted by Gasteiger charge is 2.31. The summed E-state index contributed by atoms with van der Waals surface area (Å²) in [5, 5.41) is 17.1. The van der Waals surface area contributed by atoms with Gasteiger partial charge in [0.25, 0.3) is 0 Å². The first-order valence-electron chi connectivity index (χ1n) is 29.0. The van der Waals surface area contributed by atoms with E-state index in [1.54, 1.807) is 28.7 Å². The third kappa shape index (κ3) is 25.2. The Hall–Kier alpha value is -7.77. The van der Waals surface area contributed by atoms with Gasteiger partial charge in [-0.15, -0.1) is 10.2 Å². The van der Waals surface area contributed by atoms with E-state index in [9.17, 15) is 43.2 Å². The van der Waals surface area contributed by atoms with Crippen LogP contribution in [0, 0.1) is 0 Å². The quantitative estimate of drug-likeness (QED) is 0.0784. The van der Waals surface area contributed by atoms with Crippen LogP contribution in [-0.4, -0.2) is 309 Å². The number of amides is 9. The minimum Gasteiger partial charge on any atom is -0.383 e. The van der Waals surface area contributed by atoms with Gasteiger partial charge in [0, 0.05) is 115 Å². The van der Waals surface area contributed by atoms with Crippen LogP contribution in [0.3, 0.4) is 0 Å². The molecule has 0 radical (unpaired) electrons. The minimum absolute atomic E-state index is 0.00381. The number of rotatable bonds is 45. The molecule has 0 unspecified atom stereocenters. The Balaban J connectivity index is 1.62. The molecule has 0 aliphatic heterocycles. The number of methoxy groups -OCH3 is 6. The molecule has 30 nitrogen and oxygen atoms in total. The standard InChI is InChI=1S/C57H89N15O15/c1-8-50(74)66(24-30-83-3)40-56(80)67(25-31-84-4)41-51(75)64(20-14-22-72-36-48(60-62-72)46-17-11-12-18-46)39-55(79)70(28-34-87-7)44-57(81)68(26-32-85-5)42-52(76)63(19-13-21-71-35-47(59-61-71)45-15-9-10-16-45)38-54(78)69(27-33-86-6)43-53(77)65(23-29-82-2)37-49(58)73/h9-12,15,17,35-36H,8,13-14,16,18-34,37-44H2,1-7H3,(H2,58,73). The molecule has 2 N–H and O–H groups in total. The van der Waals surface area contributed by atoms with Gasteiger partial charge in [-0.1, -0.05) is 53.8 Å². The average Bonchev–Trinajstić information content (AvgIpc) is 4.33. The number of carbonyl (C=O) groups excluding carboxylic acids is 9. The summed E-state index contributed by atoms with van der Waals surface area (Å²) >= 11 is 0. The lowest BCUT2D eigenvalue weighted by atomic mass is 10.2. The van der Waals surface area contributed by atoms with Crippen LogP contribution in [0.4, 0.5) is 0 Å². The number of aryl methyl sites for hydroxylation is 2. The second-order valence-electron chi connectivity index (χ2n) is 20.4. The van der Waals surface area contributed by atoms with Gasteiger partial charge in [0.05, 0.1) is 104 Å². The zero-order chi connectivity index (χ0) is 63.5. The molecule has 0 fully saturated rings. The van der Waals surface area contributed by atoms with E-state index < -0.39 is 93.1 Å². The third-order valence-electron chi connectivity index (χ3n) is 14.1. The zero-order valence-corrected chi connectivity index (χ0v) is 51.6. The molecule has 0 aromatic carbocycles. The van der Waals surface area contributed by atoms with Crippen LogP contribution in [0.1, 0.15) is 50.4 Å². The fraction of sp³-hybridized carbons (Fsp3) is 0.632. The van der Waals surface area contributed by atoms with Crippen molar-refractivity contribution < 1.29 is 71.6 Å². The maximum atomic E-state index is 14.7. The van der Waals surface area contributed by atoms with Gasteiger partial charge >= 0.3 is 0 Å². The number of allylic oxidation sites excluding steroid dienone is 8. The van der Waals surface area contributed by atoms with E-state index in [0.29, 0.717) is 37.2 Å². The van der Waals surface area contributed by atoms with E-state index in [1.165, 1.54) is 81.9 Å². The molecule has 0 bridgehead atoms. The van der Waals surface area contributed by atoms with Gasteiger partial charge in [-0.2, -0.15) is 0 Å². The van der Waals surface area contributed by atoms with Crippen molar-refractivity contribution in [1.29, 1.82) is 0 Å². The highest BCUT2D eigenvalue weighted by molar-refractivity contribution is 5.94. The largest absolute Gasteiger partial charge is 0.383 e. The normalized spacial score (nSPS) is 12.4. The molecular weight excluding hydrogens is 1130 g/mol. The molecule has 0 atom stereocenters. The van der Waals surface area contributed by atoms with Gasteiger partial charge in [0.2, 0.25) is 53.2 Å². The molecule has 482 valence electrons. The molecule has 0 spiro atoms. The van der Waals surface area contributed by atoms with Gasteiger partial charge in [0.15, 0.2) is 0 Å². The molecule has 2 aromatic rings. The summed E-state index contributed by atoms with van der Waals surface area (Å²) in [4.78, 5) is 135. The first kappa shape index (κ1) is 71.7. The Labute approximate surface area is 508 Å². The van der Waals surface area contributed by atoms with Crippen molar-refractivity contribution >= 4 is 64.3 Å². The van der Waals surface area contributed by atoms with Crippen LogP contribution in [0.2, 0.25) is 0 Å². The fourth-order valence-corrected chi connectivity index (χ4v) is 9.03. The van der Waals surface area contributed by atoms with Crippen molar-refractivity contribution in [2.45, 2.75) is 52.1 Å². The molecule has 0 saturated heterocycles. The molecule has 2 aliphatic carbocycles. The van der Waals surface area contributed by atoms with Gasteiger partial charge in [-0.05, 0) is 36.8 Å². The van der Waals surface area contributed by atoms with Crippen LogP contribution in [0.5, 0.6) is 0 Å². The summed E-state index contributed by atoms with van der Waals surface area (Å²) in [6.45, 7) is -1.55. The highest BCUT2D eigenvalue weighted by atomic mass is 16.5. The number of hydrogen-bond donors (Lipinski definition) is 1. The lowest BCUT2D eigenvalue weighted by Crippen LogP contribution is -2.53. The third-order valence-corrected chi connectivity index (χ3v) is 14.1. The van der Waals surface area contributed by atoms with Crippen LogP contribution >= 0.6 is 0 Å². The summed E-state index contributed by atoms with van der Waals surface area (Å²) < 4.78 is 34.9. The zero-order valence-electron chi connectivity index (χ0n) is 51.6. The van der Waals surface area contributed by atoms with Crippen LogP contribution in [0.25, 0.3) is 11.1 Å². The van der Waals surface area contributed by atoms with Crippen molar-refractivity contribution in [2.75, 3.05) is 187 Å². The van der Waals surface area contributed by atoms with Gasteiger partial charge in [-0.25, -0.2) is 0 Å². The summed E-state index contributed by atoms with van der Waals surface area (Å²) in [7, 11) is 8.61. The number of aromatic nitrogens is 6. The lowest BCUT2D eigenvalue weighted by molar-refractivity contribution is -0.149. The number of nitrogens with zero attached hydrogens (tertiary/aromatic N) is 14. The van der Waals surface area contributed by atoms with E-state index in [4.69, 9.17) is 34.2 Å². The topological polar surface area (TPSA) is 322 Å². The number of hydrogen-bond acceptors (Lipinski definition) is 19. The molecule has 2 aliphatic rings. The predicted molar refractivity (Wildman–Crippen MR) is 316 cm³/mol. The van der Waals surface area contributed by atoms with E-state index in [1.807, 2.05) is 36.5 Å². The molecule has 2 aromatic heterocycles. The van der Waals surface area contributed by atoms with Crippen LogP contribution in [-0.2, 0) is 84.7 Å². The summed E-state index contributed by atoms with van der Waals surface area (Å²) in [5.41, 5.74) is 8.82. The van der Waals surface area contributed by atoms with E-state index >= 15 is 0 Å². The Morgan fingerprint density at radius 1 is 0.414 bits per heavy atom. The monoisotopic (exact) mass is 1220 g/mol. The Morgan fingerprint density at radius 3 is 0.920 bits per heavy atom. The van der Waals surface area contributed by atoms with E-state index in [0.717, 1.165) is 11.1 Å². The summed E-state index contributed by atoms with van der Waals surface area (Å²) in [6, 6.07) is 0. The Bertz CT molecular complexity index is 2670. The number of primary amides is 1. The SMILES string of the molecule is CCC(=O)N(CCOC)CC(=O)N(CCOC)CC(=O)N(CCCn1cc(C2=CC=CC2)nn1)CC(=O)N(CCOC)CC(=O)N(CCOC)CC(=O)N(CCCn1cc(C2=CC=CC2)nn1)CC(=O)N(CCOC)CC(=O)N(CCOC)CC(N)=O. The van der Waals surface area contributed by atoms with Crippen LogP contribution < -0.4 is 5.73 Å². The molecule has 0 saturated carbocycles. The maximum absolute atomic E-state index is 14.7. The van der Waals surface area contributed by atoms with E-state index in [-0.39, 0.29) is 124 Å². The number of nitrogens with two attached hydrogens (primary N) is 1. The van der Waals surface area contributed by atoms with Crippen molar-refractivity contribution in [2.24, 2.45) is 5.73 Å². The first-order valence-corrected chi connectivity index (χ1v) is 29.0. The average molecular weight is 1220 g/mol. The molecule has 2 heterocycles. The van der Waals surface area contributed by atoms with Gasteiger partial charge in [-0.3, -0.25) is 52.5 Å². The molecular formula is C57H89N15O15. The predicted octanol–water partition coefficient (Wildman–Crippen LogP) is -1.56. The smallest absolute Gasteiger partial charge is 0.242 e. The second kappa shape index (κ2) is 39.8. The van der Waals surface area contributed by atoms with Gasteiger partial charge in [0.1, 0.15) is 11.4 Å². The minimum atomic E-state index is -0.770. The first-order chi connectivity index (χ1) is 42.0. The highest BCUT2D eigenvalue weighted by Crippen LogP contribution is 2.22. The maximum Gasteiger partial charge on any atom is 0.242 e. The van der Waals surface area contributed by atoms with Crippen molar-refractivity contribution in [3.8, 4) is 0 Å². The van der Waals surface area contributed by atoms with Crippen molar-refractivity contribution in [1.82, 2.24) is 69.2 Å². The Kier molecular flexibility index (Phi) is 32.8. The fourth-order valence-electron chi connectivity index (χ4n) is 9.03. The number of ether oxygens (including phenoxy) is 6. The van der Waals surface area contributed by atoms with E-state index in [2.05, 4.69) is 20.6 Å². The molecule has 9 amide bonds. The van der Waals surface area contributed by atoms with Crippen molar-refractivity contribution in [3.63, 3.8) is 0 Å². The molecule has 4 rings (SSSR count). The summed E-state index contributed by atoms with van der Waals surface area (Å²) in [5.74, 6) is -5.42. The second-order valence-corrected chi connectivity index (χ2v) is 20.4. The lowest BCUT2D eigenvalue weighted by Gasteiger charge is -2.32.